The Hall–Kier alpha value is -1.13. The molecule has 1 aromatic carbocycles. The van der Waals surface area contributed by atoms with Crippen LogP contribution < -0.4 is 0 Å². The average molecular weight is 348 g/mol. The second kappa shape index (κ2) is 4.96. The fraction of sp³-hybridized carbons (Fsp3) is 0.471. The molecule has 4 rings (SSSR count). The van der Waals surface area contributed by atoms with Gasteiger partial charge in [-0.15, -0.1) is 0 Å². The first-order valence-electron chi connectivity index (χ1n) is 7.51. The number of benzene rings is 1. The summed E-state index contributed by atoms with van der Waals surface area (Å²) in [5.74, 6) is 0.222. The molecule has 0 N–H and O–H groups in total. The van der Waals surface area contributed by atoms with Crippen molar-refractivity contribution < 1.29 is 9.53 Å². The molecule has 1 spiro atoms. The Morgan fingerprint density at radius 1 is 1.19 bits per heavy atom. The maximum atomic E-state index is 12.6. The lowest BCUT2D eigenvalue weighted by atomic mass is 9.66. The number of nitrogens with zero attached hydrogens (tertiary/aromatic N) is 1. The van der Waals surface area contributed by atoms with E-state index in [1.807, 2.05) is 11.0 Å². The molecular weight excluding hydrogens is 330 g/mol. The third-order valence-electron chi connectivity index (χ3n) is 4.96. The van der Waals surface area contributed by atoms with Gasteiger partial charge in [-0.1, -0.05) is 28.1 Å². The van der Waals surface area contributed by atoms with E-state index in [9.17, 15) is 4.79 Å². The van der Waals surface area contributed by atoms with E-state index >= 15 is 0 Å². The van der Waals surface area contributed by atoms with Crippen LogP contribution in [0.3, 0.4) is 0 Å². The highest BCUT2D eigenvalue weighted by Crippen LogP contribution is 2.47. The van der Waals surface area contributed by atoms with Gasteiger partial charge in [0.15, 0.2) is 0 Å². The zero-order valence-electron chi connectivity index (χ0n) is 11.9. The number of fused-ring (bicyclic) bond motifs is 1. The largest absolute Gasteiger partial charge is 0.381 e. The number of hydrogen-bond acceptors (Lipinski definition) is 2. The number of allylic oxidation sites excluding steroid dienone is 1. The predicted molar refractivity (Wildman–Crippen MR) is 83.6 cm³/mol. The number of amides is 1. The maximum Gasteiger partial charge on any atom is 0.250 e. The van der Waals surface area contributed by atoms with E-state index in [0.29, 0.717) is 0 Å². The van der Waals surface area contributed by atoms with E-state index in [4.69, 9.17) is 4.74 Å². The molecule has 0 aromatic heterocycles. The Kier molecular flexibility index (Phi) is 3.19. The number of hydrogen-bond donors (Lipinski definition) is 0. The molecule has 0 saturated carbocycles. The standard InChI is InChI=1S/C17H18BrNO2/c18-15-2-1-12-10-19(11-13(12)7-15)16(20)14-8-17(9-14)3-5-21-6-4-17/h1-2,7-8H,3-6,9-11H2. The van der Waals surface area contributed by atoms with E-state index in [0.717, 1.165) is 55.6 Å². The Morgan fingerprint density at radius 2 is 1.90 bits per heavy atom. The molecule has 110 valence electrons. The lowest BCUT2D eigenvalue weighted by Crippen LogP contribution is -2.39. The molecule has 1 fully saturated rings. The van der Waals surface area contributed by atoms with Crippen LogP contribution in [0.4, 0.5) is 0 Å². The molecular formula is C17H18BrNO2. The second-order valence-corrected chi connectivity index (χ2v) is 7.31. The molecule has 2 heterocycles. The highest BCUT2D eigenvalue weighted by Gasteiger charge is 2.42. The van der Waals surface area contributed by atoms with Crippen LogP contribution in [0.15, 0.2) is 34.3 Å². The van der Waals surface area contributed by atoms with Crippen molar-refractivity contribution in [1.82, 2.24) is 4.90 Å². The lowest BCUT2D eigenvalue weighted by Gasteiger charge is -2.42. The van der Waals surface area contributed by atoms with Crippen LogP contribution in [0.2, 0.25) is 0 Å². The van der Waals surface area contributed by atoms with Crippen molar-refractivity contribution in [3.05, 3.63) is 45.4 Å². The van der Waals surface area contributed by atoms with Crippen molar-refractivity contribution in [1.29, 1.82) is 0 Å². The normalized spacial score (nSPS) is 22.7. The number of ether oxygens (including phenoxy) is 1. The topological polar surface area (TPSA) is 29.5 Å². The molecule has 2 aliphatic heterocycles. The number of rotatable bonds is 1. The Morgan fingerprint density at radius 3 is 2.67 bits per heavy atom. The van der Waals surface area contributed by atoms with E-state index in [-0.39, 0.29) is 11.3 Å². The molecule has 0 unspecified atom stereocenters. The van der Waals surface area contributed by atoms with Gasteiger partial charge in [-0.25, -0.2) is 0 Å². The van der Waals surface area contributed by atoms with Gasteiger partial charge in [0.1, 0.15) is 0 Å². The molecule has 0 atom stereocenters. The molecule has 4 heteroatoms. The Bertz CT molecular complexity index is 632. The second-order valence-electron chi connectivity index (χ2n) is 6.40. The summed E-state index contributed by atoms with van der Waals surface area (Å²) >= 11 is 3.50. The molecule has 0 bridgehead atoms. The van der Waals surface area contributed by atoms with Crippen LogP contribution in [0, 0.1) is 5.41 Å². The van der Waals surface area contributed by atoms with Crippen LogP contribution in [0.1, 0.15) is 30.4 Å². The minimum absolute atomic E-state index is 0.222. The summed E-state index contributed by atoms with van der Waals surface area (Å²) in [5.41, 5.74) is 3.80. The number of carbonyl (C=O) groups is 1. The molecule has 21 heavy (non-hydrogen) atoms. The molecule has 1 aromatic rings. The van der Waals surface area contributed by atoms with Gasteiger partial charge in [-0.05, 0) is 47.9 Å². The fourth-order valence-corrected chi connectivity index (χ4v) is 4.07. The van der Waals surface area contributed by atoms with Gasteiger partial charge in [0.05, 0.1) is 0 Å². The summed E-state index contributed by atoms with van der Waals surface area (Å²) in [6.07, 6.45) is 5.29. The van der Waals surface area contributed by atoms with Crippen molar-refractivity contribution in [2.75, 3.05) is 13.2 Å². The Labute approximate surface area is 133 Å². The summed E-state index contributed by atoms with van der Waals surface area (Å²) in [4.78, 5) is 14.6. The smallest absolute Gasteiger partial charge is 0.250 e. The van der Waals surface area contributed by atoms with Crippen molar-refractivity contribution in [2.45, 2.75) is 32.4 Å². The van der Waals surface area contributed by atoms with Gasteiger partial charge in [-0.2, -0.15) is 0 Å². The average Bonchev–Trinajstić information content (AvgIpc) is 2.87. The SMILES string of the molecule is O=C(C1=CC2(CCOCC2)C1)N1Cc2ccc(Br)cc2C1. The highest BCUT2D eigenvalue weighted by molar-refractivity contribution is 9.10. The van der Waals surface area contributed by atoms with Gasteiger partial charge in [-0.3, -0.25) is 4.79 Å². The summed E-state index contributed by atoms with van der Waals surface area (Å²) in [6.45, 7) is 3.15. The molecule has 1 amide bonds. The van der Waals surface area contributed by atoms with Gasteiger partial charge in [0.25, 0.3) is 0 Å². The van der Waals surface area contributed by atoms with Crippen molar-refractivity contribution >= 4 is 21.8 Å². The summed E-state index contributed by atoms with van der Waals surface area (Å²) in [5, 5.41) is 0. The quantitative estimate of drug-likeness (QED) is 0.778. The molecule has 1 aliphatic carbocycles. The zero-order valence-corrected chi connectivity index (χ0v) is 13.5. The van der Waals surface area contributed by atoms with Crippen molar-refractivity contribution in [3.8, 4) is 0 Å². The first-order valence-corrected chi connectivity index (χ1v) is 8.31. The summed E-state index contributed by atoms with van der Waals surface area (Å²) in [7, 11) is 0. The first-order chi connectivity index (χ1) is 10.2. The minimum atomic E-state index is 0.222. The molecule has 0 radical (unpaired) electrons. The van der Waals surface area contributed by atoms with Crippen molar-refractivity contribution in [2.24, 2.45) is 5.41 Å². The number of halogens is 1. The lowest BCUT2D eigenvalue weighted by molar-refractivity contribution is -0.129. The van der Waals surface area contributed by atoms with Crippen LogP contribution >= 0.6 is 15.9 Å². The van der Waals surface area contributed by atoms with E-state index < -0.39 is 0 Å². The van der Waals surface area contributed by atoms with Crippen molar-refractivity contribution in [3.63, 3.8) is 0 Å². The predicted octanol–water partition coefficient (Wildman–Crippen LogP) is 3.42. The monoisotopic (exact) mass is 347 g/mol. The van der Waals surface area contributed by atoms with Crippen LogP contribution in [0.5, 0.6) is 0 Å². The zero-order chi connectivity index (χ0) is 14.4. The summed E-state index contributed by atoms with van der Waals surface area (Å²) in [6, 6.07) is 6.28. The highest BCUT2D eigenvalue weighted by atomic mass is 79.9. The van der Waals surface area contributed by atoms with E-state index in [1.54, 1.807) is 0 Å². The Balaban J connectivity index is 1.47. The van der Waals surface area contributed by atoms with Crippen LogP contribution in [-0.4, -0.2) is 24.0 Å². The molecule has 3 aliphatic rings. The number of carbonyl (C=O) groups excluding carboxylic acids is 1. The van der Waals surface area contributed by atoms with E-state index in [2.05, 4.69) is 34.1 Å². The fourth-order valence-electron chi connectivity index (χ4n) is 3.67. The van der Waals surface area contributed by atoms with Gasteiger partial charge in [0, 0.05) is 36.3 Å². The summed E-state index contributed by atoms with van der Waals surface area (Å²) < 4.78 is 6.50. The van der Waals surface area contributed by atoms with Gasteiger partial charge < -0.3 is 9.64 Å². The van der Waals surface area contributed by atoms with Crippen LogP contribution in [-0.2, 0) is 22.6 Å². The van der Waals surface area contributed by atoms with Crippen LogP contribution in [0.25, 0.3) is 0 Å². The van der Waals surface area contributed by atoms with Gasteiger partial charge in [0.2, 0.25) is 5.91 Å². The first kappa shape index (κ1) is 13.5. The molecule has 3 nitrogen and oxygen atoms in total. The third kappa shape index (κ3) is 2.34. The van der Waals surface area contributed by atoms with E-state index in [1.165, 1.54) is 11.1 Å². The third-order valence-corrected chi connectivity index (χ3v) is 5.46. The van der Waals surface area contributed by atoms with Gasteiger partial charge >= 0.3 is 0 Å². The maximum absolute atomic E-state index is 12.6. The molecule has 1 saturated heterocycles. The minimum Gasteiger partial charge on any atom is -0.381 e.